The largest absolute Gasteiger partial charge is 0.390 e. The van der Waals surface area contributed by atoms with Crippen LogP contribution in [0.25, 0.3) is 39.1 Å². The van der Waals surface area contributed by atoms with Gasteiger partial charge in [0.05, 0.1) is 17.0 Å². The van der Waals surface area contributed by atoms with E-state index in [1.165, 1.54) is 0 Å². The highest BCUT2D eigenvalue weighted by Crippen LogP contribution is 2.48. The van der Waals surface area contributed by atoms with Crippen LogP contribution in [0.4, 0.5) is 0 Å². The van der Waals surface area contributed by atoms with Crippen molar-refractivity contribution in [1.82, 2.24) is 19.6 Å². The highest BCUT2D eigenvalue weighted by molar-refractivity contribution is 5.90. The number of benzene rings is 2. The Morgan fingerprint density at radius 2 is 1.74 bits per heavy atom. The first-order chi connectivity index (χ1) is 16.4. The number of aryl methyl sites for hydroxylation is 1. The molecule has 1 aliphatic rings. The molecule has 1 aliphatic carbocycles. The minimum Gasteiger partial charge on any atom is -0.390 e. The van der Waals surface area contributed by atoms with Crippen LogP contribution < -0.4 is 5.73 Å². The van der Waals surface area contributed by atoms with Crippen LogP contribution in [0.3, 0.4) is 0 Å². The van der Waals surface area contributed by atoms with Crippen molar-refractivity contribution in [3.05, 3.63) is 84.2 Å². The molecule has 0 atom stereocenters. The Labute approximate surface area is 198 Å². The molecule has 34 heavy (non-hydrogen) atoms. The second kappa shape index (κ2) is 7.45. The van der Waals surface area contributed by atoms with Crippen molar-refractivity contribution in [2.45, 2.75) is 44.2 Å². The number of hydrogen-bond acceptors (Lipinski definition) is 5. The zero-order valence-electron chi connectivity index (χ0n) is 19.4. The molecule has 0 unspecified atom stereocenters. The fraction of sp³-hybridized carbons (Fsp3) is 0.250. The van der Waals surface area contributed by atoms with Crippen molar-refractivity contribution in [3.63, 3.8) is 0 Å². The Hall–Kier alpha value is -3.61. The standard InChI is InChI=1S/C28H27N5O/c1-3-27(34)16-28(29,17-27)22-11-9-20(10-12-22)25-23(19-7-5-4-6-8-19)14-21-15-30-24-13-18(2)32-33(24)26(21)31-25/h4-15,34H,3,16-17,29H2,1-2H3. The Morgan fingerprint density at radius 3 is 2.44 bits per heavy atom. The Balaban J connectivity index is 1.50. The molecule has 6 nitrogen and oxygen atoms in total. The number of pyridine rings is 1. The third kappa shape index (κ3) is 3.30. The molecule has 0 saturated heterocycles. The van der Waals surface area contributed by atoms with Gasteiger partial charge in [0.15, 0.2) is 11.3 Å². The number of aromatic nitrogens is 4. The molecule has 3 N–H and O–H groups in total. The van der Waals surface area contributed by atoms with Gasteiger partial charge >= 0.3 is 0 Å². The van der Waals surface area contributed by atoms with Gasteiger partial charge in [0, 0.05) is 34.3 Å². The number of fused-ring (bicyclic) bond motifs is 3. The van der Waals surface area contributed by atoms with Crippen molar-refractivity contribution in [2.24, 2.45) is 5.73 Å². The first-order valence-electron chi connectivity index (χ1n) is 11.7. The van der Waals surface area contributed by atoms with E-state index >= 15 is 0 Å². The summed E-state index contributed by atoms with van der Waals surface area (Å²) in [5.41, 5.74) is 13.0. The van der Waals surface area contributed by atoms with Crippen LogP contribution in [0.2, 0.25) is 0 Å². The van der Waals surface area contributed by atoms with Crippen molar-refractivity contribution in [1.29, 1.82) is 0 Å². The average molecular weight is 450 g/mol. The molecule has 0 amide bonds. The van der Waals surface area contributed by atoms with Crippen molar-refractivity contribution >= 4 is 16.7 Å². The van der Waals surface area contributed by atoms with E-state index < -0.39 is 11.1 Å². The minimum absolute atomic E-state index is 0.479. The van der Waals surface area contributed by atoms with Crippen molar-refractivity contribution in [2.75, 3.05) is 0 Å². The first-order valence-corrected chi connectivity index (χ1v) is 11.7. The lowest BCUT2D eigenvalue weighted by Crippen LogP contribution is -2.59. The van der Waals surface area contributed by atoms with Crippen LogP contribution in [0, 0.1) is 6.92 Å². The van der Waals surface area contributed by atoms with Gasteiger partial charge in [-0.2, -0.15) is 9.61 Å². The fourth-order valence-corrected chi connectivity index (χ4v) is 5.25. The van der Waals surface area contributed by atoms with Crippen LogP contribution in [0.5, 0.6) is 0 Å². The predicted molar refractivity (Wildman–Crippen MR) is 134 cm³/mol. The smallest absolute Gasteiger partial charge is 0.165 e. The molecule has 0 aliphatic heterocycles. The molecular formula is C28H27N5O. The number of nitrogens with two attached hydrogens (primary N) is 1. The maximum absolute atomic E-state index is 10.5. The topological polar surface area (TPSA) is 89.3 Å². The van der Waals surface area contributed by atoms with Gasteiger partial charge < -0.3 is 10.8 Å². The van der Waals surface area contributed by atoms with Crippen LogP contribution >= 0.6 is 0 Å². The summed E-state index contributed by atoms with van der Waals surface area (Å²) in [6.07, 6.45) is 3.76. The van der Waals surface area contributed by atoms with E-state index in [2.05, 4.69) is 52.5 Å². The Bertz CT molecular complexity index is 1520. The summed E-state index contributed by atoms with van der Waals surface area (Å²) in [7, 11) is 0. The number of hydrogen-bond donors (Lipinski definition) is 2. The normalized spacial score (nSPS) is 22.2. The second-order valence-corrected chi connectivity index (χ2v) is 9.64. The highest BCUT2D eigenvalue weighted by Gasteiger charge is 2.51. The van der Waals surface area contributed by atoms with E-state index in [-0.39, 0.29) is 0 Å². The van der Waals surface area contributed by atoms with Gasteiger partial charge in [0.2, 0.25) is 0 Å². The van der Waals surface area contributed by atoms with Gasteiger partial charge in [-0.3, -0.25) is 0 Å². The molecule has 0 spiro atoms. The molecule has 6 heteroatoms. The third-order valence-electron chi connectivity index (χ3n) is 7.15. The minimum atomic E-state index is -0.644. The van der Waals surface area contributed by atoms with Crippen LogP contribution in [-0.2, 0) is 5.54 Å². The van der Waals surface area contributed by atoms with Gasteiger partial charge in [0.25, 0.3) is 0 Å². The third-order valence-corrected chi connectivity index (χ3v) is 7.15. The summed E-state index contributed by atoms with van der Waals surface area (Å²) in [6.45, 7) is 3.97. The fourth-order valence-electron chi connectivity index (χ4n) is 5.25. The summed E-state index contributed by atoms with van der Waals surface area (Å²) in [5, 5.41) is 16.0. The Morgan fingerprint density at radius 1 is 1.00 bits per heavy atom. The summed E-state index contributed by atoms with van der Waals surface area (Å²) in [4.78, 5) is 9.68. The molecule has 1 fully saturated rings. The summed E-state index contributed by atoms with van der Waals surface area (Å²) in [5.74, 6) is 0. The summed E-state index contributed by atoms with van der Waals surface area (Å²) >= 11 is 0. The first kappa shape index (κ1) is 21.0. The van der Waals surface area contributed by atoms with Gasteiger partial charge in [-0.1, -0.05) is 61.5 Å². The SMILES string of the molecule is CCC1(O)CC(N)(c2ccc(-c3nc4c(cnc5cc(C)nn54)cc3-c3ccccc3)cc2)C1. The van der Waals surface area contributed by atoms with E-state index in [4.69, 9.17) is 10.7 Å². The number of aliphatic hydroxyl groups is 1. The van der Waals surface area contributed by atoms with Gasteiger partial charge in [0.1, 0.15) is 0 Å². The van der Waals surface area contributed by atoms with Crippen molar-refractivity contribution in [3.8, 4) is 22.4 Å². The zero-order chi connectivity index (χ0) is 23.5. The van der Waals surface area contributed by atoms with E-state index in [1.807, 2.05) is 48.8 Å². The maximum Gasteiger partial charge on any atom is 0.165 e. The second-order valence-electron chi connectivity index (χ2n) is 9.64. The number of nitrogens with zero attached hydrogens (tertiary/aromatic N) is 4. The van der Waals surface area contributed by atoms with Crippen LogP contribution in [-0.4, -0.2) is 30.3 Å². The van der Waals surface area contributed by atoms with Crippen LogP contribution in [0.1, 0.15) is 37.4 Å². The van der Waals surface area contributed by atoms with E-state index in [9.17, 15) is 5.11 Å². The predicted octanol–water partition coefficient (Wildman–Crippen LogP) is 5.01. The van der Waals surface area contributed by atoms with Gasteiger partial charge in [-0.05, 0) is 43.4 Å². The van der Waals surface area contributed by atoms with Gasteiger partial charge in [-0.15, -0.1) is 0 Å². The number of rotatable bonds is 4. The molecule has 3 heterocycles. The van der Waals surface area contributed by atoms with Crippen molar-refractivity contribution < 1.29 is 5.11 Å². The molecule has 0 bridgehead atoms. The van der Waals surface area contributed by atoms with E-state index in [1.54, 1.807) is 0 Å². The molecule has 3 aromatic heterocycles. The monoisotopic (exact) mass is 449 g/mol. The molecule has 1 saturated carbocycles. The Kier molecular flexibility index (Phi) is 4.59. The molecule has 2 aromatic carbocycles. The highest BCUT2D eigenvalue weighted by atomic mass is 16.3. The lowest BCUT2D eigenvalue weighted by molar-refractivity contribution is -0.0916. The summed E-state index contributed by atoms with van der Waals surface area (Å²) in [6, 6.07) is 22.7. The summed E-state index contributed by atoms with van der Waals surface area (Å²) < 4.78 is 1.81. The molecule has 5 aromatic rings. The molecule has 0 radical (unpaired) electrons. The van der Waals surface area contributed by atoms with E-state index in [0.29, 0.717) is 12.8 Å². The lowest BCUT2D eigenvalue weighted by Gasteiger charge is -2.51. The molecule has 170 valence electrons. The zero-order valence-corrected chi connectivity index (χ0v) is 19.4. The lowest BCUT2D eigenvalue weighted by atomic mass is 9.61. The quantitative estimate of drug-likeness (QED) is 0.403. The molecule has 6 rings (SSSR count). The average Bonchev–Trinajstić information content (AvgIpc) is 3.23. The molecular weight excluding hydrogens is 422 g/mol. The van der Waals surface area contributed by atoms with E-state index in [0.717, 1.165) is 56.7 Å². The van der Waals surface area contributed by atoms with Crippen LogP contribution in [0.15, 0.2) is 72.9 Å². The van der Waals surface area contributed by atoms with Gasteiger partial charge in [-0.25, -0.2) is 9.97 Å². The maximum atomic E-state index is 10.5.